The molecule has 0 radical (unpaired) electrons. The zero-order valence-corrected chi connectivity index (χ0v) is 13.0. The van der Waals surface area contributed by atoms with Crippen LogP contribution in [0.4, 0.5) is 22.0 Å². The zero-order valence-electron chi connectivity index (χ0n) is 11.5. The fourth-order valence-electron chi connectivity index (χ4n) is 2.21. The number of Topliss-reactive ketones (excluding diaryl/α,β-unsaturated/α-hetero) is 1. The lowest BCUT2D eigenvalue weighted by Gasteiger charge is -2.14. The minimum absolute atomic E-state index is 0.0270. The number of benzene rings is 2. The van der Waals surface area contributed by atoms with Crippen molar-refractivity contribution in [3.05, 3.63) is 52.3 Å². The number of carbonyl (C=O) groups excluding carboxylic acids is 1. The van der Waals surface area contributed by atoms with E-state index in [1.165, 1.54) is 6.07 Å². The average Bonchev–Trinajstić information content (AvgIpc) is 2.67. The van der Waals surface area contributed by atoms with E-state index in [1.54, 1.807) is 0 Å². The van der Waals surface area contributed by atoms with E-state index in [2.05, 4.69) is 0 Å². The molecule has 0 saturated carbocycles. The third-order valence-corrected chi connectivity index (χ3v) is 4.48. The number of halogens is 6. The van der Waals surface area contributed by atoms with Crippen molar-refractivity contribution in [1.82, 2.24) is 0 Å². The van der Waals surface area contributed by atoms with Gasteiger partial charge in [-0.05, 0) is 36.0 Å². The molecule has 0 atom stereocenters. The van der Waals surface area contributed by atoms with Crippen molar-refractivity contribution in [3.63, 3.8) is 0 Å². The number of rotatable bonds is 3. The third kappa shape index (κ3) is 2.95. The first kappa shape index (κ1) is 17.0. The van der Waals surface area contributed by atoms with Crippen LogP contribution < -0.4 is 4.74 Å². The predicted molar refractivity (Wildman–Crippen MR) is 78.0 cm³/mol. The third-order valence-electron chi connectivity index (χ3n) is 3.18. The van der Waals surface area contributed by atoms with Gasteiger partial charge in [-0.25, -0.2) is 13.2 Å². The van der Waals surface area contributed by atoms with Gasteiger partial charge in [-0.15, -0.1) is 0 Å². The summed E-state index contributed by atoms with van der Waals surface area (Å²) in [7, 11) is 0. The molecule has 0 spiro atoms. The summed E-state index contributed by atoms with van der Waals surface area (Å²) >= 11 is 5.40. The second-order valence-electron chi connectivity index (χ2n) is 4.81. The molecule has 0 saturated heterocycles. The lowest BCUT2D eigenvalue weighted by atomic mass is 10.1. The van der Waals surface area contributed by atoms with Crippen molar-refractivity contribution in [3.8, 4) is 11.5 Å². The SMILES string of the molecule is O=C1c2ccc(Oc3cc(F)cc(Cl)c3)c(C(F)F)c2SC1(F)F. The highest BCUT2D eigenvalue weighted by Gasteiger charge is 2.50. The first-order chi connectivity index (χ1) is 11.2. The van der Waals surface area contributed by atoms with Gasteiger partial charge >= 0.3 is 5.25 Å². The number of hydrogen-bond donors (Lipinski definition) is 0. The Balaban J connectivity index is 2.09. The van der Waals surface area contributed by atoms with Crippen molar-refractivity contribution in [1.29, 1.82) is 0 Å². The van der Waals surface area contributed by atoms with Crippen LogP contribution in [0.15, 0.2) is 35.2 Å². The highest BCUT2D eigenvalue weighted by atomic mass is 35.5. The molecule has 2 aromatic carbocycles. The fourth-order valence-corrected chi connectivity index (χ4v) is 3.45. The minimum atomic E-state index is -3.81. The Morgan fingerprint density at radius 2 is 1.88 bits per heavy atom. The van der Waals surface area contributed by atoms with Gasteiger partial charge in [0.05, 0.1) is 5.56 Å². The van der Waals surface area contributed by atoms with Gasteiger partial charge in [-0.3, -0.25) is 4.79 Å². The topological polar surface area (TPSA) is 26.3 Å². The lowest BCUT2D eigenvalue weighted by molar-refractivity contribution is 0.0582. The molecule has 0 bridgehead atoms. The van der Waals surface area contributed by atoms with Gasteiger partial charge in [-0.2, -0.15) is 8.78 Å². The van der Waals surface area contributed by atoms with Gasteiger partial charge in [0.15, 0.2) is 0 Å². The van der Waals surface area contributed by atoms with Crippen LogP contribution in [-0.4, -0.2) is 11.0 Å². The van der Waals surface area contributed by atoms with Crippen LogP contribution in [0.25, 0.3) is 0 Å². The summed E-state index contributed by atoms with van der Waals surface area (Å²) in [6, 6.07) is 5.02. The van der Waals surface area contributed by atoms with E-state index in [4.69, 9.17) is 16.3 Å². The molecular weight excluding hydrogens is 375 g/mol. The first-order valence-corrected chi connectivity index (χ1v) is 7.59. The van der Waals surface area contributed by atoms with E-state index in [0.717, 1.165) is 24.3 Å². The maximum atomic E-state index is 13.5. The van der Waals surface area contributed by atoms with Crippen LogP contribution in [0.2, 0.25) is 5.02 Å². The molecule has 0 amide bonds. The molecule has 126 valence electrons. The Bertz CT molecular complexity index is 821. The van der Waals surface area contributed by atoms with E-state index < -0.39 is 45.1 Å². The van der Waals surface area contributed by atoms with Crippen LogP contribution in [0.5, 0.6) is 11.5 Å². The van der Waals surface area contributed by atoms with Gasteiger partial charge in [0, 0.05) is 21.5 Å². The van der Waals surface area contributed by atoms with Gasteiger partial charge in [-0.1, -0.05) is 11.6 Å². The lowest BCUT2D eigenvalue weighted by Crippen LogP contribution is -2.18. The van der Waals surface area contributed by atoms with Crippen molar-refractivity contribution >= 4 is 29.1 Å². The molecule has 0 aromatic heterocycles. The monoisotopic (exact) mass is 380 g/mol. The van der Waals surface area contributed by atoms with E-state index in [-0.39, 0.29) is 22.5 Å². The summed E-state index contributed by atoms with van der Waals surface area (Å²) in [5.74, 6) is -2.93. The molecule has 0 aliphatic carbocycles. The number of fused-ring (bicyclic) bond motifs is 1. The number of ketones is 1. The van der Waals surface area contributed by atoms with Crippen LogP contribution in [0, 0.1) is 5.82 Å². The molecule has 1 aliphatic rings. The summed E-state index contributed by atoms with van der Waals surface area (Å²) in [6.45, 7) is 0. The second kappa shape index (κ2) is 5.93. The van der Waals surface area contributed by atoms with E-state index in [0.29, 0.717) is 0 Å². The van der Waals surface area contributed by atoms with Crippen LogP contribution in [0.1, 0.15) is 22.3 Å². The predicted octanol–water partition coefficient (Wildman–Crippen LogP) is 6.09. The number of carbonyl (C=O) groups is 1. The van der Waals surface area contributed by atoms with Gasteiger partial charge < -0.3 is 4.74 Å². The van der Waals surface area contributed by atoms with Gasteiger partial charge in [0.1, 0.15) is 17.3 Å². The van der Waals surface area contributed by atoms with Crippen molar-refractivity contribution in [2.75, 3.05) is 0 Å². The minimum Gasteiger partial charge on any atom is -0.457 e. The molecule has 1 aliphatic heterocycles. The normalized spacial score (nSPS) is 15.7. The zero-order chi connectivity index (χ0) is 17.6. The first-order valence-electron chi connectivity index (χ1n) is 6.39. The molecule has 9 heteroatoms. The van der Waals surface area contributed by atoms with E-state index >= 15 is 0 Å². The smallest absolute Gasteiger partial charge is 0.360 e. The Labute approximate surface area is 141 Å². The molecule has 0 unspecified atom stereocenters. The average molecular weight is 381 g/mol. The standard InChI is InChI=1S/C15H6ClF5O2S/c16-6-3-7(17)5-8(4-6)23-10-2-1-9-12(11(10)14(18)19)24-15(20,21)13(9)22/h1-5,14H. The largest absolute Gasteiger partial charge is 0.457 e. The Hall–Kier alpha value is -1.80. The van der Waals surface area contributed by atoms with E-state index in [9.17, 15) is 26.7 Å². The number of alkyl halides is 4. The molecular formula is C15H6ClF5O2S. The van der Waals surface area contributed by atoms with E-state index in [1.807, 2.05) is 0 Å². The van der Waals surface area contributed by atoms with Gasteiger partial charge in [0.2, 0.25) is 5.78 Å². The fraction of sp³-hybridized carbons (Fsp3) is 0.133. The molecule has 24 heavy (non-hydrogen) atoms. The maximum absolute atomic E-state index is 13.5. The molecule has 3 rings (SSSR count). The van der Waals surface area contributed by atoms with Crippen LogP contribution in [-0.2, 0) is 0 Å². The summed E-state index contributed by atoms with van der Waals surface area (Å²) in [5.41, 5.74) is -1.34. The van der Waals surface area contributed by atoms with Crippen LogP contribution in [0.3, 0.4) is 0 Å². The summed E-state index contributed by atoms with van der Waals surface area (Å²) in [6.07, 6.45) is -3.17. The second-order valence-corrected chi connectivity index (χ2v) is 6.37. The summed E-state index contributed by atoms with van der Waals surface area (Å²) in [4.78, 5) is 11.0. The Morgan fingerprint density at radius 1 is 1.17 bits per heavy atom. The molecule has 2 aromatic rings. The summed E-state index contributed by atoms with van der Waals surface area (Å²) in [5, 5.41) is -3.84. The van der Waals surface area contributed by atoms with Crippen molar-refractivity contribution in [2.45, 2.75) is 16.6 Å². The summed E-state index contributed by atoms with van der Waals surface area (Å²) < 4.78 is 72.2. The molecule has 0 N–H and O–H groups in total. The number of thioether (sulfide) groups is 1. The molecule has 1 heterocycles. The number of ether oxygens (including phenoxy) is 1. The highest BCUT2D eigenvalue weighted by molar-refractivity contribution is 8.01. The van der Waals surface area contributed by atoms with Crippen LogP contribution >= 0.6 is 23.4 Å². The number of hydrogen-bond acceptors (Lipinski definition) is 3. The quantitative estimate of drug-likeness (QED) is 0.603. The molecule has 2 nitrogen and oxygen atoms in total. The molecule has 0 fully saturated rings. The maximum Gasteiger partial charge on any atom is 0.360 e. The Kier molecular flexibility index (Phi) is 4.21. The Morgan fingerprint density at radius 3 is 2.50 bits per heavy atom. The highest BCUT2D eigenvalue weighted by Crippen LogP contribution is 2.53. The van der Waals surface area contributed by atoms with Crippen molar-refractivity contribution in [2.24, 2.45) is 0 Å². The van der Waals surface area contributed by atoms with Gasteiger partial charge in [0.25, 0.3) is 6.43 Å². The van der Waals surface area contributed by atoms with Crippen molar-refractivity contribution < 1.29 is 31.5 Å².